The van der Waals surface area contributed by atoms with Crippen LogP contribution in [0, 0.1) is 19.8 Å². The number of nitrogens with one attached hydrogen (secondary N) is 1. The molecule has 0 saturated carbocycles. The topological polar surface area (TPSA) is 110 Å². The summed E-state index contributed by atoms with van der Waals surface area (Å²) >= 11 is 0. The molecule has 0 aliphatic heterocycles. The quantitative estimate of drug-likeness (QED) is 0.541. The van der Waals surface area contributed by atoms with Gasteiger partial charge in [-0.3, -0.25) is 4.79 Å². The van der Waals surface area contributed by atoms with Gasteiger partial charge in [-0.15, -0.1) is 0 Å². The maximum atomic E-state index is 12.8. The Kier molecular flexibility index (Phi) is 6.22. The Bertz CT molecular complexity index is 1260. The zero-order chi connectivity index (χ0) is 24.0. The second kappa shape index (κ2) is 8.45. The lowest BCUT2D eigenvalue weighted by molar-refractivity contribution is -0.143. The standard InChI is InChI=1S/C25H31NO6/c1-8-12(2)20(23(28)29)26-19(27)10-16-13(3)15-9-17-18(25(5,6)7)11-31-21(17)14(4)22(15)32-24(16)30/h9,11-12,20H,8,10H2,1-7H3,(H,26,27)(H,28,29)/t12-,20-/m0/s1. The highest BCUT2D eigenvalue weighted by Gasteiger charge is 2.27. The Morgan fingerprint density at radius 2 is 1.78 bits per heavy atom. The number of carboxylic acids is 1. The van der Waals surface area contributed by atoms with Crippen molar-refractivity contribution >= 4 is 33.8 Å². The molecule has 2 heterocycles. The molecule has 172 valence electrons. The van der Waals surface area contributed by atoms with Crippen LogP contribution in [0.15, 0.2) is 26.0 Å². The Balaban J connectivity index is 2.09. The van der Waals surface area contributed by atoms with Crippen LogP contribution in [0.25, 0.3) is 21.9 Å². The van der Waals surface area contributed by atoms with Gasteiger partial charge in [-0.1, -0.05) is 41.0 Å². The van der Waals surface area contributed by atoms with Crippen molar-refractivity contribution < 1.29 is 23.5 Å². The molecule has 3 aromatic rings. The van der Waals surface area contributed by atoms with Crippen LogP contribution < -0.4 is 10.9 Å². The van der Waals surface area contributed by atoms with Gasteiger partial charge in [0.05, 0.1) is 18.2 Å². The molecule has 0 aliphatic carbocycles. The number of carbonyl (C=O) groups excluding carboxylic acids is 1. The maximum absolute atomic E-state index is 12.8. The highest BCUT2D eigenvalue weighted by atomic mass is 16.4. The molecule has 32 heavy (non-hydrogen) atoms. The summed E-state index contributed by atoms with van der Waals surface area (Å²) in [7, 11) is 0. The van der Waals surface area contributed by atoms with E-state index in [1.807, 2.05) is 19.9 Å². The number of fused-ring (bicyclic) bond motifs is 2. The van der Waals surface area contributed by atoms with Crippen LogP contribution in [0.4, 0.5) is 0 Å². The molecule has 7 heteroatoms. The van der Waals surface area contributed by atoms with E-state index in [1.165, 1.54) is 0 Å². The summed E-state index contributed by atoms with van der Waals surface area (Å²) < 4.78 is 11.4. The molecule has 0 spiro atoms. The molecule has 2 aromatic heterocycles. The molecular formula is C25H31NO6. The van der Waals surface area contributed by atoms with Gasteiger partial charge in [-0.25, -0.2) is 9.59 Å². The molecule has 0 aliphatic rings. The Morgan fingerprint density at radius 3 is 2.34 bits per heavy atom. The summed E-state index contributed by atoms with van der Waals surface area (Å²) in [5.41, 5.74) is 3.00. The van der Waals surface area contributed by atoms with E-state index < -0.39 is 23.5 Å². The normalized spacial score (nSPS) is 14.0. The van der Waals surface area contributed by atoms with Gasteiger partial charge >= 0.3 is 11.6 Å². The molecule has 1 aromatic carbocycles. The average molecular weight is 442 g/mol. The van der Waals surface area contributed by atoms with Gasteiger partial charge in [0.25, 0.3) is 0 Å². The number of hydrogen-bond acceptors (Lipinski definition) is 5. The molecule has 0 fully saturated rings. The molecule has 1 amide bonds. The van der Waals surface area contributed by atoms with Crippen LogP contribution in [0.5, 0.6) is 0 Å². The summed E-state index contributed by atoms with van der Waals surface area (Å²) in [6.07, 6.45) is 2.09. The summed E-state index contributed by atoms with van der Waals surface area (Å²) in [4.78, 5) is 36.9. The molecule has 0 radical (unpaired) electrons. The number of rotatable bonds is 6. The van der Waals surface area contributed by atoms with Gasteiger partial charge in [0, 0.05) is 21.9 Å². The fraction of sp³-hybridized carbons (Fsp3) is 0.480. The van der Waals surface area contributed by atoms with Crippen molar-refractivity contribution in [3.05, 3.63) is 45.0 Å². The Labute approximate surface area is 186 Å². The van der Waals surface area contributed by atoms with E-state index in [0.29, 0.717) is 23.2 Å². The van der Waals surface area contributed by atoms with Gasteiger partial charge in [0.2, 0.25) is 5.91 Å². The van der Waals surface area contributed by atoms with Crippen LogP contribution >= 0.6 is 0 Å². The third kappa shape index (κ3) is 4.16. The highest BCUT2D eigenvalue weighted by Crippen LogP contribution is 2.37. The first-order valence-corrected chi connectivity index (χ1v) is 10.9. The predicted molar refractivity (Wildman–Crippen MR) is 123 cm³/mol. The van der Waals surface area contributed by atoms with Crippen molar-refractivity contribution in [1.82, 2.24) is 5.32 Å². The van der Waals surface area contributed by atoms with Crippen molar-refractivity contribution in [3.8, 4) is 0 Å². The van der Waals surface area contributed by atoms with E-state index in [2.05, 4.69) is 26.1 Å². The molecule has 2 N–H and O–H groups in total. The lowest BCUT2D eigenvalue weighted by atomic mass is 9.86. The van der Waals surface area contributed by atoms with E-state index in [1.54, 1.807) is 20.1 Å². The lowest BCUT2D eigenvalue weighted by Gasteiger charge is -2.20. The number of amides is 1. The van der Waals surface area contributed by atoms with Crippen molar-refractivity contribution in [2.45, 2.75) is 72.8 Å². The minimum absolute atomic E-state index is 0.139. The number of aryl methyl sites for hydroxylation is 2. The van der Waals surface area contributed by atoms with Gasteiger partial charge in [0.1, 0.15) is 17.2 Å². The lowest BCUT2D eigenvalue weighted by Crippen LogP contribution is -2.45. The van der Waals surface area contributed by atoms with Crippen molar-refractivity contribution in [2.75, 3.05) is 0 Å². The third-order valence-corrected chi connectivity index (χ3v) is 6.28. The minimum Gasteiger partial charge on any atom is -0.480 e. The predicted octanol–water partition coefficient (Wildman–Crippen LogP) is 4.61. The fourth-order valence-electron chi connectivity index (χ4n) is 4.05. The molecule has 0 unspecified atom stereocenters. The minimum atomic E-state index is -1.09. The fourth-order valence-corrected chi connectivity index (χ4v) is 4.05. The first-order valence-electron chi connectivity index (χ1n) is 10.9. The van der Waals surface area contributed by atoms with Crippen LogP contribution in [-0.4, -0.2) is 23.0 Å². The number of carboxylic acid groups (broad SMARTS) is 1. The maximum Gasteiger partial charge on any atom is 0.340 e. The van der Waals surface area contributed by atoms with Crippen LogP contribution in [-0.2, 0) is 21.4 Å². The number of benzene rings is 1. The Hall–Kier alpha value is -3.09. The summed E-state index contributed by atoms with van der Waals surface area (Å²) in [6.45, 7) is 13.6. The molecule has 0 bridgehead atoms. The number of hydrogen-bond donors (Lipinski definition) is 2. The van der Waals surface area contributed by atoms with Crippen LogP contribution in [0.3, 0.4) is 0 Å². The average Bonchev–Trinajstić information content (AvgIpc) is 3.14. The van der Waals surface area contributed by atoms with Crippen molar-refractivity contribution in [1.29, 1.82) is 0 Å². The van der Waals surface area contributed by atoms with Crippen LogP contribution in [0.1, 0.15) is 63.3 Å². The zero-order valence-electron chi connectivity index (χ0n) is 19.7. The molecular weight excluding hydrogens is 410 g/mol. The van der Waals surface area contributed by atoms with Crippen LogP contribution in [0.2, 0.25) is 0 Å². The SMILES string of the molecule is CC[C@H](C)[C@H](NC(=O)Cc1c(C)c2cc3c(C(C)(C)C)coc3c(C)c2oc1=O)C(=O)O. The van der Waals surface area contributed by atoms with E-state index >= 15 is 0 Å². The van der Waals surface area contributed by atoms with Gasteiger partial charge in [0.15, 0.2) is 0 Å². The number of carbonyl (C=O) groups is 2. The Morgan fingerprint density at radius 1 is 1.12 bits per heavy atom. The summed E-state index contributed by atoms with van der Waals surface area (Å²) in [6, 6.07) is 0.933. The van der Waals surface area contributed by atoms with Gasteiger partial charge < -0.3 is 19.3 Å². The van der Waals surface area contributed by atoms with Gasteiger partial charge in [-0.05, 0) is 36.8 Å². The first-order chi connectivity index (χ1) is 14.9. The number of aliphatic carboxylic acids is 1. The van der Waals surface area contributed by atoms with Gasteiger partial charge in [-0.2, -0.15) is 0 Å². The van der Waals surface area contributed by atoms with E-state index in [-0.39, 0.29) is 23.3 Å². The third-order valence-electron chi connectivity index (χ3n) is 6.28. The first kappa shape index (κ1) is 23.6. The summed E-state index contributed by atoms with van der Waals surface area (Å²) in [5.74, 6) is -1.86. The molecule has 7 nitrogen and oxygen atoms in total. The number of furan rings is 1. The van der Waals surface area contributed by atoms with Crippen molar-refractivity contribution in [2.24, 2.45) is 5.92 Å². The largest absolute Gasteiger partial charge is 0.480 e. The second-order valence-electron chi connectivity index (χ2n) is 9.59. The zero-order valence-corrected chi connectivity index (χ0v) is 19.7. The second-order valence-corrected chi connectivity index (χ2v) is 9.59. The highest BCUT2D eigenvalue weighted by molar-refractivity contribution is 6.00. The molecule has 3 rings (SSSR count). The summed E-state index contributed by atoms with van der Waals surface area (Å²) in [5, 5.41) is 13.7. The smallest absolute Gasteiger partial charge is 0.340 e. The molecule has 0 saturated heterocycles. The van der Waals surface area contributed by atoms with E-state index in [9.17, 15) is 19.5 Å². The van der Waals surface area contributed by atoms with Crippen molar-refractivity contribution in [3.63, 3.8) is 0 Å². The van der Waals surface area contributed by atoms with E-state index in [4.69, 9.17) is 8.83 Å². The monoisotopic (exact) mass is 441 g/mol. The molecule has 2 atom stereocenters. The van der Waals surface area contributed by atoms with E-state index in [0.717, 1.165) is 21.9 Å².